The van der Waals surface area contributed by atoms with Crippen molar-refractivity contribution in [3.05, 3.63) is 146 Å². The molecule has 558 valence electrons. The van der Waals surface area contributed by atoms with E-state index < -0.39 is 97.5 Å². The summed E-state index contributed by atoms with van der Waals surface area (Å²) in [4.78, 5) is 72.7. The summed E-state index contributed by atoms with van der Waals surface area (Å²) in [5, 5.41) is 10.6. The van der Waals surface area contributed by atoms with E-state index in [1.54, 1.807) is 6.08 Å². The van der Waals surface area contributed by atoms with E-state index in [2.05, 4.69) is 137 Å². The molecule has 0 aromatic heterocycles. The summed E-state index contributed by atoms with van der Waals surface area (Å²) in [6, 6.07) is 0. The van der Waals surface area contributed by atoms with E-state index in [9.17, 15) is 43.2 Å². The SMILES string of the molecule is CC/C=C\C/C=C\C/C=C\C/C=C\C/C=C\CCCC(=O)OCC(COP(=O)(O)OCC(O)COP(=O)(O)OCC(COC(=O)C/C=C\C/C=C\C/C=C\C/C=C\C/C=C\CC)OC(=O)CCCCCCCCCCCCCCC)OC(=O)CCCCCCC/C=C\C/C=C\CCC. The minimum Gasteiger partial charge on any atom is -0.462 e. The topological polar surface area (TPSA) is 237 Å². The Hall–Kier alpha value is -5.06. The number of carbonyl (C=O) groups is 4. The summed E-state index contributed by atoms with van der Waals surface area (Å²) in [5.41, 5.74) is 0. The third kappa shape index (κ3) is 69.4. The lowest BCUT2D eigenvalue weighted by molar-refractivity contribution is -0.161. The molecule has 5 atom stereocenters. The number of hydrogen-bond donors (Lipinski definition) is 3. The third-order valence-electron chi connectivity index (χ3n) is 14.8. The average Bonchev–Trinajstić information content (AvgIpc) is 0.969. The van der Waals surface area contributed by atoms with Gasteiger partial charge in [0.2, 0.25) is 0 Å². The van der Waals surface area contributed by atoms with Crippen molar-refractivity contribution < 1.29 is 80.2 Å². The normalized spacial score (nSPS) is 14.8. The maximum atomic E-state index is 13.1. The van der Waals surface area contributed by atoms with Crippen LogP contribution < -0.4 is 0 Å². The summed E-state index contributed by atoms with van der Waals surface area (Å²) in [5.74, 6) is -2.41. The molecule has 0 rings (SSSR count). The second-order valence-corrected chi connectivity index (χ2v) is 27.0. The molecule has 0 aliphatic carbocycles. The van der Waals surface area contributed by atoms with Crippen molar-refractivity contribution in [3.8, 4) is 0 Å². The first-order valence-electron chi connectivity index (χ1n) is 37.1. The van der Waals surface area contributed by atoms with Gasteiger partial charge in [0, 0.05) is 19.3 Å². The van der Waals surface area contributed by atoms with Gasteiger partial charge in [-0.25, -0.2) is 9.13 Å². The van der Waals surface area contributed by atoms with Crippen molar-refractivity contribution in [2.45, 2.75) is 290 Å². The Balaban J connectivity index is 5.46. The van der Waals surface area contributed by atoms with Crippen LogP contribution in [-0.4, -0.2) is 96.7 Å². The molecule has 0 saturated carbocycles. The van der Waals surface area contributed by atoms with Gasteiger partial charge in [-0.05, 0) is 116 Å². The Kier molecular flexibility index (Phi) is 66.7. The number of phosphoric ester groups is 2. The summed E-state index contributed by atoms with van der Waals surface area (Å²) >= 11 is 0. The number of carbonyl (C=O) groups excluding carboxylic acids is 4. The van der Waals surface area contributed by atoms with E-state index in [0.29, 0.717) is 32.1 Å². The van der Waals surface area contributed by atoms with Gasteiger partial charge in [0.25, 0.3) is 0 Å². The minimum atomic E-state index is -5.00. The lowest BCUT2D eigenvalue weighted by atomic mass is 10.0. The molecule has 17 nitrogen and oxygen atoms in total. The maximum absolute atomic E-state index is 13.1. The van der Waals surface area contributed by atoms with Gasteiger partial charge in [-0.2, -0.15) is 0 Å². The number of aliphatic hydroxyl groups is 1. The lowest BCUT2D eigenvalue weighted by Crippen LogP contribution is -2.30. The third-order valence-corrected chi connectivity index (χ3v) is 16.7. The molecule has 5 unspecified atom stereocenters. The zero-order valence-electron chi connectivity index (χ0n) is 60.7. The fourth-order valence-electron chi connectivity index (χ4n) is 9.25. The summed E-state index contributed by atoms with van der Waals surface area (Å²) in [7, 11) is -10.00. The molecule has 0 amide bonds. The first kappa shape index (κ1) is 92.9. The van der Waals surface area contributed by atoms with Gasteiger partial charge < -0.3 is 33.8 Å². The van der Waals surface area contributed by atoms with Crippen molar-refractivity contribution in [1.82, 2.24) is 0 Å². The van der Waals surface area contributed by atoms with Crippen LogP contribution in [0, 0.1) is 0 Å². The van der Waals surface area contributed by atoms with Crippen molar-refractivity contribution in [1.29, 1.82) is 0 Å². The van der Waals surface area contributed by atoms with E-state index in [4.69, 9.17) is 37.0 Å². The van der Waals surface area contributed by atoms with Crippen LogP contribution in [0.3, 0.4) is 0 Å². The van der Waals surface area contributed by atoms with Crippen LogP contribution in [-0.2, 0) is 65.4 Å². The second-order valence-electron chi connectivity index (χ2n) is 24.1. The van der Waals surface area contributed by atoms with Crippen LogP contribution in [0.1, 0.15) is 272 Å². The summed E-state index contributed by atoms with van der Waals surface area (Å²) in [6.07, 6.45) is 78.9. The van der Waals surface area contributed by atoms with Crippen molar-refractivity contribution in [2.75, 3.05) is 39.6 Å². The Labute approximate surface area is 592 Å². The monoisotopic (exact) mass is 1410 g/mol. The molecule has 0 radical (unpaired) electrons. The zero-order chi connectivity index (χ0) is 71.8. The van der Waals surface area contributed by atoms with E-state index in [-0.39, 0.29) is 25.7 Å². The molecule has 0 saturated heterocycles. The molecule has 0 bridgehead atoms. The Morgan fingerprint density at radius 1 is 0.306 bits per heavy atom. The standard InChI is InChI=1S/C79H130O17P2/c1-5-9-13-17-21-25-29-33-35-36-38-42-44-48-52-56-60-64-77(82)90-70-75(96-79(84)66-62-58-54-50-46-40-32-28-24-20-16-12-8-4)72-94-98(87,88)92-68-73(80)67-91-97(85,86)93-71-74(95-78(83)65-61-57-53-49-45-39-31-27-23-19-15-11-7-3)69-89-76(81)63-59-55-51-47-43-41-37-34-30-26-22-18-14-10-6-2/h9-10,13-14,16,20-22,25-26,28,32-35,37-38,42-43,47-48,52,55,59,73-75,80H,5-8,11-12,15,17-19,23-24,27,29-31,36,39-41,44-46,49-51,53-54,56-58,60-72H2,1-4H3,(H,85,86)(H,87,88)/b13-9-,14-10-,20-16-,25-21-,26-22-,32-28-,35-33-,37-34-,42-38-,47-43-,52-48-,59-55-. The fourth-order valence-corrected chi connectivity index (χ4v) is 10.8. The smallest absolute Gasteiger partial charge is 0.462 e. The molecule has 0 heterocycles. The predicted octanol–water partition coefficient (Wildman–Crippen LogP) is 21.1. The first-order chi connectivity index (χ1) is 47.7. The first-order valence-corrected chi connectivity index (χ1v) is 40.1. The highest BCUT2D eigenvalue weighted by Crippen LogP contribution is 2.45. The van der Waals surface area contributed by atoms with Gasteiger partial charge in [-0.15, -0.1) is 0 Å². The van der Waals surface area contributed by atoms with Gasteiger partial charge in [-0.3, -0.25) is 37.3 Å². The van der Waals surface area contributed by atoms with Crippen LogP contribution in [0.2, 0.25) is 0 Å². The number of aliphatic hydroxyl groups excluding tert-OH is 1. The number of esters is 4. The van der Waals surface area contributed by atoms with Gasteiger partial charge in [0.1, 0.15) is 19.3 Å². The van der Waals surface area contributed by atoms with Gasteiger partial charge in [-0.1, -0.05) is 276 Å². The average molecular weight is 1410 g/mol. The van der Waals surface area contributed by atoms with E-state index in [1.807, 2.05) is 30.4 Å². The largest absolute Gasteiger partial charge is 0.472 e. The fraction of sp³-hybridized carbons (Fsp3) is 0.646. The van der Waals surface area contributed by atoms with Crippen LogP contribution in [0.15, 0.2) is 146 Å². The van der Waals surface area contributed by atoms with Crippen molar-refractivity contribution >= 4 is 39.5 Å². The summed E-state index contributed by atoms with van der Waals surface area (Å²) in [6.45, 7) is 4.36. The zero-order valence-corrected chi connectivity index (χ0v) is 62.4. The van der Waals surface area contributed by atoms with Crippen LogP contribution in [0.4, 0.5) is 0 Å². The number of rotatable bonds is 68. The molecule has 0 aliphatic rings. The maximum Gasteiger partial charge on any atom is 0.472 e. The molecule has 0 spiro atoms. The van der Waals surface area contributed by atoms with Crippen LogP contribution in [0.5, 0.6) is 0 Å². The Morgan fingerprint density at radius 3 is 0.980 bits per heavy atom. The van der Waals surface area contributed by atoms with E-state index in [1.165, 1.54) is 51.4 Å². The molecular weight excluding hydrogens is 1280 g/mol. The lowest BCUT2D eigenvalue weighted by Gasteiger charge is -2.21. The van der Waals surface area contributed by atoms with E-state index in [0.717, 1.165) is 135 Å². The highest BCUT2D eigenvalue weighted by molar-refractivity contribution is 7.47. The highest BCUT2D eigenvalue weighted by Gasteiger charge is 2.30. The van der Waals surface area contributed by atoms with Crippen LogP contribution in [0.25, 0.3) is 0 Å². The Bertz CT molecular complexity index is 2430. The molecule has 98 heavy (non-hydrogen) atoms. The molecule has 19 heteroatoms. The number of unbranched alkanes of at least 4 members (excludes halogenated alkanes) is 19. The molecule has 3 N–H and O–H groups in total. The number of allylic oxidation sites excluding steroid dienone is 23. The summed E-state index contributed by atoms with van der Waals surface area (Å²) < 4.78 is 68.2. The Morgan fingerprint density at radius 2 is 0.602 bits per heavy atom. The highest BCUT2D eigenvalue weighted by atomic mass is 31.2. The van der Waals surface area contributed by atoms with Crippen molar-refractivity contribution in [2.24, 2.45) is 0 Å². The molecule has 0 aromatic rings. The number of ether oxygens (including phenoxy) is 4. The minimum absolute atomic E-state index is 0.0603. The molecular formula is C79H130O17P2. The van der Waals surface area contributed by atoms with Gasteiger partial charge in [0.05, 0.1) is 32.8 Å². The quantitative estimate of drug-likeness (QED) is 0.0169. The van der Waals surface area contributed by atoms with Gasteiger partial charge in [0.15, 0.2) is 12.2 Å². The molecule has 0 fully saturated rings. The van der Waals surface area contributed by atoms with Gasteiger partial charge >= 0.3 is 39.5 Å². The van der Waals surface area contributed by atoms with Crippen molar-refractivity contribution in [3.63, 3.8) is 0 Å². The molecule has 0 aliphatic heterocycles. The predicted molar refractivity (Wildman–Crippen MR) is 399 cm³/mol. The number of phosphoric acid groups is 2. The van der Waals surface area contributed by atoms with E-state index >= 15 is 0 Å². The van der Waals surface area contributed by atoms with Crippen LogP contribution >= 0.6 is 15.6 Å². The second kappa shape index (κ2) is 70.4. The molecule has 0 aromatic carbocycles. The number of hydrogen-bond acceptors (Lipinski definition) is 15.